The van der Waals surface area contributed by atoms with E-state index in [0.29, 0.717) is 31.5 Å². The lowest BCUT2D eigenvalue weighted by atomic mass is 9.85. The molecule has 7 heteroatoms. The van der Waals surface area contributed by atoms with Gasteiger partial charge in [-0.2, -0.15) is 0 Å². The highest BCUT2D eigenvalue weighted by Gasteiger charge is 2.52. The quantitative estimate of drug-likeness (QED) is 0.521. The smallest absolute Gasteiger partial charge is 0.325 e. The van der Waals surface area contributed by atoms with Gasteiger partial charge in [-0.3, -0.25) is 14.5 Å². The lowest BCUT2D eigenvalue weighted by molar-refractivity contribution is -0.139. The zero-order valence-corrected chi connectivity index (χ0v) is 16.8. The first-order chi connectivity index (χ1) is 13.2. The number of rotatable bonds is 9. The third-order valence-electron chi connectivity index (χ3n) is 4.91. The lowest BCUT2D eigenvalue weighted by Crippen LogP contribution is -2.46. The number of hydrogen-bond donors (Lipinski definition) is 1. The zero-order chi connectivity index (χ0) is 20.9. The first-order valence-electron chi connectivity index (χ1n) is 9.57. The Hall–Kier alpha value is -2.70. The molecule has 0 radical (unpaired) electrons. The van der Waals surface area contributed by atoms with Gasteiger partial charge in [-0.1, -0.05) is 44.1 Å². The largest absolute Gasteiger partial charge is 0.337 e. The molecular weight excluding hydrogens is 361 g/mol. The summed E-state index contributed by atoms with van der Waals surface area (Å²) in [5.74, 6) is -1.21. The zero-order valence-electron chi connectivity index (χ0n) is 16.8. The third-order valence-corrected chi connectivity index (χ3v) is 4.91. The molecule has 0 aromatic heterocycles. The number of hydrogen-bond acceptors (Lipinski definition) is 3. The topological polar surface area (TPSA) is 69.7 Å². The van der Waals surface area contributed by atoms with Crippen LogP contribution in [0.15, 0.2) is 36.4 Å². The van der Waals surface area contributed by atoms with Crippen LogP contribution in [0.2, 0.25) is 0 Å². The van der Waals surface area contributed by atoms with Crippen molar-refractivity contribution in [3.05, 3.63) is 47.8 Å². The minimum absolute atomic E-state index is 0.320. The van der Waals surface area contributed by atoms with Crippen molar-refractivity contribution in [3.8, 4) is 0 Å². The Morgan fingerprint density at radius 3 is 2.43 bits per heavy atom. The number of halogens is 1. The maximum absolute atomic E-state index is 13.4. The van der Waals surface area contributed by atoms with Crippen molar-refractivity contribution in [3.63, 3.8) is 0 Å². The molecule has 1 aromatic rings. The molecule has 1 saturated heterocycles. The minimum atomic E-state index is -1.27. The van der Waals surface area contributed by atoms with Gasteiger partial charge < -0.3 is 10.2 Å². The number of imide groups is 1. The molecule has 1 aliphatic rings. The molecule has 0 unspecified atom stereocenters. The van der Waals surface area contributed by atoms with Crippen LogP contribution < -0.4 is 5.32 Å². The summed E-state index contributed by atoms with van der Waals surface area (Å²) in [6.07, 6.45) is 1.91. The molecule has 1 fully saturated rings. The summed E-state index contributed by atoms with van der Waals surface area (Å²) >= 11 is 0. The van der Waals surface area contributed by atoms with Crippen molar-refractivity contribution in [1.29, 1.82) is 0 Å². The fourth-order valence-electron chi connectivity index (χ4n) is 3.39. The Labute approximate surface area is 165 Å². The van der Waals surface area contributed by atoms with E-state index in [4.69, 9.17) is 0 Å². The van der Waals surface area contributed by atoms with Gasteiger partial charge in [-0.05, 0) is 38.0 Å². The monoisotopic (exact) mass is 389 g/mol. The first kappa shape index (κ1) is 21.6. The molecule has 4 amide bonds. The summed E-state index contributed by atoms with van der Waals surface area (Å²) in [7, 11) is 0. The number of amides is 4. The van der Waals surface area contributed by atoms with Gasteiger partial charge >= 0.3 is 6.03 Å². The van der Waals surface area contributed by atoms with Crippen LogP contribution in [0.1, 0.15) is 45.6 Å². The summed E-state index contributed by atoms with van der Waals surface area (Å²) in [4.78, 5) is 41.0. The molecule has 0 bridgehead atoms. The Morgan fingerprint density at radius 2 is 1.89 bits per heavy atom. The highest BCUT2D eigenvalue weighted by Crippen LogP contribution is 2.34. The van der Waals surface area contributed by atoms with E-state index in [0.717, 1.165) is 16.9 Å². The molecule has 152 valence electrons. The number of likely N-dealkylation sites (N-methyl/N-ethyl adjacent to an activating group) is 1. The molecule has 1 aromatic carbocycles. The van der Waals surface area contributed by atoms with Crippen molar-refractivity contribution < 1.29 is 18.8 Å². The van der Waals surface area contributed by atoms with Gasteiger partial charge in [0.15, 0.2) is 0 Å². The van der Waals surface area contributed by atoms with Crippen LogP contribution in [0.3, 0.4) is 0 Å². The number of carbonyl (C=O) groups excluding carboxylic acids is 3. The van der Waals surface area contributed by atoms with Crippen LogP contribution in [0, 0.1) is 5.82 Å². The van der Waals surface area contributed by atoms with Gasteiger partial charge in [0, 0.05) is 13.1 Å². The summed E-state index contributed by atoms with van der Waals surface area (Å²) in [5.41, 5.74) is 0.0628. The number of nitrogens with one attached hydrogen (secondary N) is 1. The molecular formula is C21H28FN3O3. The molecule has 28 heavy (non-hydrogen) atoms. The van der Waals surface area contributed by atoms with E-state index in [9.17, 15) is 18.8 Å². The van der Waals surface area contributed by atoms with Gasteiger partial charge in [-0.25, -0.2) is 9.18 Å². The van der Waals surface area contributed by atoms with E-state index >= 15 is 0 Å². The first-order valence-corrected chi connectivity index (χ1v) is 9.57. The Balaban J connectivity index is 2.30. The summed E-state index contributed by atoms with van der Waals surface area (Å²) in [6.45, 7) is 9.93. The molecule has 6 nitrogen and oxygen atoms in total. The molecule has 0 saturated carbocycles. The predicted molar refractivity (Wildman–Crippen MR) is 105 cm³/mol. The normalized spacial score (nSPS) is 18.9. The second-order valence-corrected chi connectivity index (χ2v) is 7.20. The van der Waals surface area contributed by atoms with E-state index in [1.54, 1.807) is 4.90 Å². The molecule has 2 rings (SSSR count). The van der Waals surface area contributed by atoms with Gasteiger partial charge in [-0.15, -0.1) is 0 Å². The van der Waals surface area contributed by atoms with Gasteiger partial charge in [0.25, 0.3) is 5.91 Å². The average Bonchev–Trinajstić information content (AvgIpc) is 2.89. The number of benzene rings is 1. The summed E-state index contributed by atoms with van der Waals surface area (Å²) < 4.78 is 13.4. The lowest BCUT2D eigenvalue weighted by Gasteiger charge is -2.28. The fraction of sp³-hybridized carbons (Fsp3) is 0.476. The van der Waals surface area contributed by atoms with E-state index in [-0.39, 0.29) is 12.5 Å². The van der Waals surface area contributed by atoms with Crippen LogP contribution in [0.5, 0.6) is 0 Å². The molecule has 0 aliphatic carbocycles. The molecule has 1 aliphatic heterocycles. The SMILES string of the molecule is C=C(C)CN(CC)C(=O)CN1C(=O)N[C@](CCCC)(c2ccc(F)cc2)C1=O. The Morgan fingerprint density at radius 1 is 1.25 bits per heavy atom. The van der Waals surface area contributed by atoms with E-state index in [1.165, 1.54) is 24.3 Å². The van der Waals surface area contributed by atoms with Crippen LogP contribution in [0.4, 0.5) is 9.18 Å². The summed E-state index contributed by atoms with van der Waals surface area (Å²) in [5, 5.41) is 2.77. The maximum atomic E-state index is 13.4. The van der Waals surface area contributed by atoms with E-state index < -0.39 is 23.3 Å². The number of nitrogens with zero attached hydrogens (tertiary/aromatic N) is 2. The second kappa shape index (κ2) is 8.99. The van der Waals surface area contributed by atoms with Crippen molar-refractivity contribution in [2.45, 2.75) is 45.6 Å². The van der Waals surface area contributed by atoms with Crippen molar-refractivity contribution in [2.24, 2.45) is 0 Å². The standard InChI is InChI=1S/C21H28FN3O3/c1-5-7-12-21(16-8-10-17(22)11-9-16)19(27)25(20(28)23-21)14-18(26)24(6-2)13-15(3)4/h8-11H,3,5-7,12-14H2,1-2,4H3,(H,23,28)/t21-/m1/s1. The van der Waals surface area contributed by atoms with Crippen LogP contribution in [-0.2, 0) is 15.1 Å². The molecule has 1 N–H and O–H groups in total. The van der Waals surface area contributed by atoms with Crippen molar-refractivity contribution in [2.75, 3.05) is 19.6 Å². The van der Waals surface area contributed by atoms with Crippen molar-refractivity contribution >= 4 is 17.8 Å². The highest BCUT2D eigenvalue weighted by molar-refractivity contribution is 6.09. The average molecular weight is 389 g/mol. The maximum Gasteiger partial charge on any atom is 0.325 e. The van der Waals surface area contributed by atoms with Crippen LogP contribution >= 0.6 is 0 Å². The third kappa shape index (κ3) is 4.40. The molecule has 1 heterocycles. The second-order valence-electron chi connectivity index (χ2n) is 7.20. The number of urea groups is 1. The van der Waals surface area contributed by atoms with E-state index in [1.807, 2.05) is 20.8 Å². The number of unbranched alkanes of at least 4 members (excludes halogenated alkanes) is 1. The van der Waals surface area contributed by atoms with E-state index in [2.05, 4.69) is 11.9 Å². The predicted octanol–water partition coefficient (Wildman–Crippen LogP) is 3.19. The molecule has 1 atom stereocenters. The van der Waals surface area contributed by atoms with Gasteiger partial charge in [0.05, 0.1) is 0 Å². The van der Waals surface area contributed by atoms with Crippen molar-refractivity contribution in [1.82, 2.24) is 15.1 Å². The Kier molecular flexibility index (Phi) is 6.94. The fourth-order valence-corrected chi connectivity index (χ4v) is 3.39. The summed E-state index contributed by atoms with van der Waals surface area (Å²) in [6, 6.07) is 4.94. The van der Waals surface area contributed by atoms with Gasteiger partial charge in [0.2, 0.25) is 5.91 Å². The van der Waals surface area contributed by atoms with Gasteiger partial charge in [0.1, 0.15) is 17.9 Å². The van der Waals surface area contributed by atoms with Crippen LogP contribution in [-0.4, -0.2) is 47.3 Å². The van der Waals surface area contributed by atoms with Crippen LogP contribution in [0.25, 0.3) is 0 Å². The number of carbonyl (C=O) groups is 3. The Bertz CT molecular complexity index is 763. The highest BCUT2D eigenvalue weighted by atomic mass is 19.1. The minimum Gasteiger partial charge on any atom is -0.337 e. The molecule has 0 spiro atoms.